The van der Waals surface area contributed by atoms with E-state index in [1.807, 2.05) is 35.7 Å². The molecule has 0 spiro atoms. The van der Waals surface area contributed by atoms with Crippen molar-refractivity contribution in [3.8, 4) is 0 Å². The van der Waals surface area contributed by atoms with E-state index in [-0.39, 0.29) is 15.8 Å². The molecule has 2 aromatic rings. The predicted octanol–water partition coefficient (Wildman–Crippen LogP) is 7.19. The first-order valence-corrected chi connectivity index (χ1v) is 14.7. The summed E-state index contributed by atoms with van der Waals surface area (Å²) in [5, 5.41) is 0. The number of carbonyl (C=O) groups excluding carboxylic acids is 3. The molecule has 5 nitrogen and oxygen atoms in total. The van der Waals surface area contributed by atoms with E-state index >= 15 is 0 Å². The minimum atomic E-state index is -0.403. The average molecular weight is 572 g/mol. The van der Waals surface area contributed by atoms with Crippen molar-refractivity contribution in [2.45, 2.75) is 36.2 Å². The van der Waals surface area contributed by atoms with Crippen LogP contribution in [0.25, 0.3) is 0 Å². The van der Waals surface area contributed by atoms with Crippen LogP contribution in [0.15, 0.2) is 48.5 Å². The van der Waals surface area contributed by atoms with Crippen molar-refractivity contribution in [3.05, 3.63) is 70.8 Å². The van der Waals surface area contributed by atoms with Crippen LogP contribution >= 0.6 is 46.7 Å². The summed E-state index contributed by atoms with van der Waals surface area (Å²) in [5.41, 5.74) is 2.92. The fraction of sp³-hybridized carbons (Fsp3) is 0.444. The van der Waals surface area contributed by atoms with E-state index in [1.54, 1.807) is 24.3 Å². The van der Waals surface area contributed by atoms with Crippen molar-refractivity contribution in [2.75, 3.05) is 37.5 Å². The van der Waals surface area contributed by atoms with Crippen molar-refractivity contribution < 1.29 is 23.9 Å². The van der Waals surface area contributed by atoms with Gasteiger partial charge in [0.25, 0.3) is 0 Å². The second-order valence-electron chi connectivity index (χ2n) is 7.95. The lowest BCUT2D eigenvalue weighted by Gasteiger charge is -2.36. The first-order valence-electron chi connectivity index (χ1n) is 11.7. The molecule has 36 heavy (non-hydrogen) atoms. The van der Waals surface area contributed by atoms with Crippen molar-refractivity contribution >= 4 is 64.4 Å². The molecule has 0 saturated carbocycles. The summed E-state index contributed by atoms with van der Waals surface area (Å²) in [6.45, 7) is 0. The molecule has 0 bridgehead atoms. The van der Waals surface area contributed by atoms with Crippen molar-refractivity contribution in [1.29, 1.82) is 0 Å². The van der Waals surface area contributed by atoms with Crippen LogP contribution in [0, 0.1) is 0 Å². The van der Waals surface area contributed by atoms with Gasteiger partial charge in [-0.25, -0.2) is 9.59 Å². The molecule has 9 heteroatoms. The molecule has 1 aliphatic rings. The number of hydrogen-bond donors (Lipinski definition) is 0. The van der Waals surface area contributed by atoms with E-state index in [4.69, 9.17) is 27.9 Å². The largest absolute Gasteiger partial charge is 0.465 e. The Hall–Kier alpha value is -1.67. The van der Waals surface area contributed by atoms with Gasteiger partial charge in [0.05, 0.1) is 29.4 Å². The van der Waals surface area contributed by atoms with Gasteiger partial charge < -0.3 is 9.47 Å². The normalized spacial score (nSPS) is 14.2. The third-order valence-electron chi connectivity index (χ3n) is 5.51. The molecule has 1 heterocycles. The van der Waals surface area contributed by atoms with Crippen molar-refractivity contribution in [3.63, 3.8) is 0 Å². The Morgan fingerprint density at radius 2 is 1.25 bits per heavy atom. The molecule has 3 rings (SSSR count). The maximum absolute atomic E-state index is 11.6. The minimum Gasteiger partial charge on any atom is -0.465 e. The molecule has 1 saturated heterocycles. The van der Waals surface area contributed by atoms with E-state index in [1.165, 1.54) is 37.7 Å². The maximum atomic E-state index is 11.6. The topological polar surface area (TPSA) is 69.7 Å². The van der Waals surface area contributed by atoms with Gasteiger partial charge in [0.2, 0.25) is 0 Å². The number of Topliss-reactive ketones (excluding diaryl/α,β-unsaturated/α-hetero) is 1. The van der Waals surface area contributed by atoms with Crippen molar-refractivity contribution in [1.82, 2.24) is 0 Å². The number of rotatable bonds is 10. The van der Waals surface area contributed by atoms with Gasteiger partial charge in [-0.05, 0) is 67.0 Å². The molecule has 196 valence electrons. The van der Waals surface area contributed by atoms with Gasteiger partial charge in [0.15, 0.2) is 5.78 Å². The highest BCUT2D eigenvalue weighted by Gasteiger charge is 2.35. The van der Waals surface area contributed by atoms with Gasteiger partial charge in [-0.2, -0.15) is 0 Å². The van der Waals surface area contributed by atoms with Crippen LogP contribution in [0.4, 0.5) is 0 Å². The Morgan fingerprint density at radius 1 is 0.778 bits per heavy atom. The van der Waals surface area contributed by atoms with Gasteiger partial charge in [0, 0.05) is 23.7 Å². The highest BCUT2D eigenvalue weighted by Crippen LogP contribution is 2.53. The number of benzene rings is 2. The zero-order valence-corrected chi connectivity index (χ0v) is 23.7. The number of methoxy groups -OCH3 is 2. The molecule has 1 aliphatic heterocycles. The monoisotopic (exact) mass is 570 g/mol. The molecule has 2 aromatic carbocycles. The molecule has 1 fully saturated rings. The van der Waals surface area contributed by atoms with E-state index < -0.39 is 5.97 Å². The molecular weight excluding hydrogens is 539 g/mol. The summed E-state index contributed by atoms with van der Waals surface area (Å²) in [4.78, 5) is 34.2. The van der Waals surface area contributed by atoms with Gasteiger partial charge in [-0.15, -0.1) is 46.7 Å². The maximum Gasteiger partial charge on any atom is 0.337 e. The van der Waals surface area contributed by atoms with E-state index in [0.29, 0.717) is 41.3 Å². The van der Waals surface area contributed by atoms with Crippen LogP contribution in [0.3, 0.4) is 0 Å². The van der Waals surface area contributed by atoms with Crippen LogP contribution in [0.1, 0.15) is 68.7 Å². The molecule has 0 aromatic heterocycles. The Labute approximate surface area is 232 Å². The van der Waals surface area contributed by atoms with Gasteiger partial charge in [0.1, 0.15) is 0 Å². The summed E-state index contributed by atoms with van der Waals surface area (Å²) < 4.78 is 9.40. The molecule has 0 atom stereocenters. The second kappa shape index (κ2) is 16.2. The summed E-state index contributed by atoms with van der Waals surface area (Å²) in [6.07, 6.45) is 4.45. The van der Waals surface area contributed by atoms with E-state index in [2.05, 4.69) is 16.9 Å². The lowest BCUT2D eigenvalue weighted by atomic mass is 10.1. The number of halogens is 2. The number of alkyl halides is 2. The van der Waals surface area contributed by atoms with Crippen LogP contribution in [-0.2, 0) is 13.6 Å². The quantitative estimate of drug-likeness (QED) is 0.170. The Morgan fingerprint density at radius 3 is 1.72 bits per heavy atom. The lowest BCUT2D eigenvalue weighted by molar-refractivity contribution is 0.0592. The van der Waals surface area contributed by atoms with E-state index in [9.17, 15) is 14.4 Å². The number of hydrogen-bond acceptors (Lipinski definition) is 7. The molecule has 0 aliphatic carbocycles. The molecule has 0 unspecified atom stereocenters. The predicted molar refractivity (Wildman–Crippen MR) is 151 cm³/mol. The number of ketones is 1. The molecule has 0 N–H and O–H groups in total. The van der Waals surface area contributed by atoms with Crippen LogP contribution in [-0.4, -0.2) is 55.2 Å². The highest BCUT2D eigenvalue weighted by molar-refractivity contribution is 8.18. The summed E-state index contributed by atoms with van der Waals surface area (Å²) >= 11 is 15.4. The fourth-order valence-electron chi connectivity index (χ4n) is 3.59. The van der Waals surface area contributed by atoms with Crippen LogP contribution in [0.5, 0.6) is 0 Å². The first-order chi connectivity index (χ1) is 17.4. The SMILES string of the molecule is COC(=O)c1ccc(C(=O)CCCCl)cc1.COC(=O)c1ccc(C2(CCCCl)SCCCS2)cc1. The van der Waals surface area contributed by atoms with Crippen LogP contribution in [0.2, 0.25) is 0 Å². The summed E-state index contributed by atoms with van der Waals surface area (Å²) in [6, 6.07) is 14.3. The number of carbonyl (C=O) groups is 3. The summed E-state index contributed by atoms with van der Waals surface area (Å²) in [7, 11) is 2.73. The number of ether oxygens (including phenoxy) is 2. The zero-order valence-electron chi connectivity index (χ0n) is 20.6. The second-order valence-corrected chi connectivity index (χ2v) is 11.8. The van der Waals surface area contributed by atoms with Gasteiger partial charge in [-0.3, -0.25) is 4.79 Å². The van der Waals surface area contributed by atoms with Gasteiger partial charge >= 0.3 is 11.9 Å². The Bertz CT molecular complexity index is 975. The first kappa shape index (κ1) is 30.6. The number of esters is 2. The smallest absolute Gasteiger partial charge is 0.337 e. The van der Waals surface area contributed by atoms with E-state index in [0.717, 1.165) is 12.8 Å². The average Bonchev–Trinajstić information content (AvgIpc) is 2.95. The molecule has 0 amide bonds. The van der Waals surface area contributed by atoms with Crippen LogP contribution < -0.4 is 0 Å². The summed E-state index contributed by atoms with van der Waals surface area (Å²) in [5.74, 6) is 2.91. The fourth-order valence-corrected chi connectivity index (χ4v) is 7.29. The number of thioether (sulfide) groups is 2. The minimum absolute atomic E-state index is 0.0389. The molecular formula is C27H32Cl2O5S2. The lowest BCUT2D eigenvalue weighted by Crippen LogP contribution is -2.23. The Balaban J connectivity index is 0.000000261. The molecule has 0 radical (unpaired) electrons. The van der Waals surface area contributed by atoms with Gasteiger partial charge in [-0.1, -0.05) is 24.3 Å². The Kier molecular flexibility index (Phi) is 13.8. The van der Waals surface area contributed by atoms with Crippen molar-refractivity contribution in [2.24, 2.45) is 0 Å². The third-order valence-corrected chi connectivity index (χ3v) is 9.55. The zero-order chi connectivity index (χ0) is 26.4. The third kappa shape index (κ3) is 9.02. The standard InChI is InChI=1S/C15H19ClO2S2.C12H13ClO3/c1-18-14(17)12-4-6-13(7-5-12)15(8-2-9-16)19-10-3-11-20-15;1-16-12(15)10-6-4-9(5-7-10)11(14)3-2-8-13/h4-7H,2-3,8-11H2,1H3;4-7H,2-3,8H2,1H3. The highest BCUT2D eigenvalue weighted by atomic mass is 35.5.